The predicted molar refractivity (Wildman–Crippen MR) is 119 cm³/mol. The van der Waals surface area contributed by atoms with Gasteiger partial charge in [-0.25, -0.2) is 8.42 Å². The number of amides is 2. The van der Waals surface area contributed by atoms with Gasteiger partial charge in [-0.15, -0.1) is 0 Å². The van der Waals surface area contributed by atoms with Crippen molar-refractivity contribution in [2.24, 2.45) is 5.92 Å². The maximum Gasteiger partial charge on any atom is 0.243 e. The van der Waals surface area contributed by atoms with Crippen LogP contribution in [0.4, 0.5) is 11.4 Å². The highest BCUT2D eigenvalue weighted by Gasteiger charge is 2.35. The Morgan fingerprint density at radius 2 is 1.84 bits per heavy atom. The summed E-state index contributed by atoms with van der Waals surface area (Å²) in [5.41, 5.74) is 0.693. The number of rotatable bonds is 7. The van der Waals surface area contributed by atoms with Gasteiger partial charge < -0.3 is 15.3 Å². The van der Waals surface area contributed by atoms with Crippen molar-refractivity contribution in [3.05, 3.63) is 47.5 Å². The lowest BCUT2D eigenvalue weighted by Crippen LogP contribution is -2.31. The van der Waals surface area contributed by atoms with E-state index in [1.807, 2.05) is 0 Å². The Morgan fingerprint density at radius 3 is 2.45 bits per heavy atom. The summed E-state index contributed by atoms with van der Waals surface area (Å²) in [6.45, 7) is 4.42. The first-order valence-corrected chi connectivity index (χ1v) is 11.7. The summed E-state index contributed by atoms with van der Waals surface area (Å²) in [6, 6.07) is 10.4. The van der Waals surface area contributed by atoms with Crippen LogP contribution >= 0.6 is 11.6 Å². The molecule has 0 bridgehead atoms. The lowest BCUT2D eigenvalue weighted by atomic mass is 10.1. The van der Waals surface area contributed by atoms with E-state index < -0.39 is 21.8 Å². The van der Waals surface area contributed by atoms with Gasteiger partial charge in [0, 0.05) is 36.8 Å². The van der Waals surface area contributed by atoms with E-state index in [0.717, 1.165) is 0 Å². The number of aromatic hydroxyl groups is 1. The number of anilines is 2. The summed E-state index contributed by atoms with van der Waals surface area (Å²) in [6.07, 6.45) is 0.00661. The van der Waals surface area contributed by atoms with Crippen LogP contribution in [0.2, 0.25) is 5.02 Å². The van der Waals surface area contributed by atoms with Crippen LogP contribution < -0.4 is 10.2 Å². The molecule has 2 N–H and O–H groups in total. The van der Waals surface area contributed by atoms with Crippen LogP contribution in [-0.2, 0) is 19.6 Å². The molecule has 0 saturated carbocycles. The maximum absolute atomic E-state index is 12.6. The van der Waals surface area contributed by atoms with Crippen LogP contribution in [0.15, 0.2) is 47.4 Å². The molecule has 1 unspecified atom stereocenters. The van der Waals surface area contributed by atoms with Gasteiger partial charge in [0.2, 0.25) is 21.8 Å². The number of hydrogen-bond donors (Lipinski definition) is 2. The molecule has 0 radical (unpaired) electrons. The molecule has 2 aromatic rings. The molecule has 1 saturated heterocycles. The summed E-state index contributed by atoms with van der Waals surface area (Å²) in [5, 5.41) is 12.8. The standard InChI is InChI=1S/C21H24ClN3O5S/c1-3-24(4-2)31(29,30)17-8-6-16(7-9-17)25-13-14(11-20(25)27)21(28)23-18-12-15(22)5-10-19(18)26/h5-10,12,14,26H,3-4,11,13H2,1-2H3,(H,23,28). The van der Waals surface area contributed by atoms with Crippen molar-refractivity contribution in [3.63, 3.8) is 0 Å². The van der Waals surface area contributed by atoms with Gasteiger partial charge in [-0.3, -0.25) is 9.59 Å². The Hall–Kier alpha value is -2.62. The quantitative estimate of drug-likeness (QED) is 0.611. The van der Waals surface area contributed by atoms with E-state index in [1.54, 1.807) is 26.0 Å². The van der Waals surface area contributed by atoms with Crippen LogP contribution in [0.3, 0.4) is 0 Å². The van der Waals surface area contributed by atoms with E-state index in [-0.39, 0.29) is 35.2 Å². The summed E-state index contributed by atoms with van der Waals surface area (Å²) in [5.74, 6) is -1.39. The second kappa shape index (κ2) is 9.25. The van der Waals surface area contributed by atoms with Gasteiger partial charge in [0.15, 0.2) is 0 Å². The van der Waals surface area contributed by atoms with Crippen LogP contribution in [0.5, 0.6) is 5.75 Å². The number of phenols is 1. The lowest BCUT2D eigenvalue weighted by Gasteiger charge is -2.20. The molecule has 1 fully saturated rings. The maximum atomic E-state index is 12.6. The zero-order valence-electron chi connectivity index (χ0n) is 17.2. The van der Waals surface area contributed by atoms with Crippen molar-refractivity contribution in [1.29, 1.82) is 0 Å². The number of halogens is 1. The van der Waals surface area contributed by atoms with Gasteiger partial charge in [-0.2, -0.15) is 4.31 Å². The molecule has 8 nitrogen and oxygen atoms in total. The van der Waals surface area contributed by atoms with Crippen LogP contribution in [0, 0.1) is 5.92 Å². The molecule has 10 heteroatoms. The molecule has 2 amide bonds. The minimum atomic E-state index is -3.59. The van der Waals surface area contributed by atoms with Crippen LogP contribution in [0.1, 0.15) is 20.3 Å². The summed E-state index contributed by atoms with van der Waals surface area (Å²) in [4.78, 5) is 26.7. The van der Waals surface area contributed by atoms with Crippen molar-refractivity contribution in [1.82, 2.24) is 4.31 Å². The average Bonchev–Trinajstić information content (AvgIpc) is 3.13. The summed E-state index contributed by atoms with van der Waals surface area (Å²) >= 11 is 5.90. The first kappa shape index (κ1) is 23.1. The fraction of sp³-hybridized carbons (Fsp3) is 0.333. The number of benzene rings is 2. The zero-order chi connectivity index (χ0) is 22.8. The zero-order valence-corrected chi connectivity index (χ0v) is 18.8. The molecule has 0 aromatic heterocycles. The largest absolute Gasteiger partial charge is 0.506 e. The molecule has 31 heavy (non-hydrogen) atoms. The first-order chi connectivity index (χ1) is 14.7. The van der Waals surface area contributed by atoms with E-state index in [9.17, 15) is 23.1 Å². The molecular formula is C21H24ClN3O5S. The minimum Gasteiger partial charge on any atom is -0.506 e. The Kier molecular flexibility index (Phi) is 6.88. The lowest BCUT2D eigenvalue weighted by molar-refractivity contribution is -0.122. The van der Waals surface area contributed by atoms with Gasteiger partial charge in [0.25, 0.3) is 0 Å². The van der Waals surface area contributed by atoms with Crippen LogP contribution in [0.25, 0.3) is 0 Å². The van der Waals surface area contributed by atoms with E-state index in [2.05, 4.69) is 5.32 Å². The Labute approximate surface area is 186 Å². The van der Waals surface area contributed by atoms with Gasteiger partial charge in [-0.05, 0) is 42.5 Å². The fourth-order valence-corrected chi connectivity index (χ4v) is 5.12. The summed E-state index contributed by atoms with van der Waals surface area (Å²) in [7, 11) is -3.59. The topological polar surface area (TPSA) is 107 Å². The monoisotopic (exact) mass is 465 g/mol. The molecule has 2 aromatic carbocycles. The number of carbonyl (C=O) groups is 2. The fourth-order valence-electron chi connectivity index (χ4n) is 3.49. The van der Waals surface area contributed by atoms with Crippen molar-refractivity contribution in [3.8, 4) is 5.75 Å². The number of sulfonamides is 1. The smallest absolute Gasteiger partial charge is 0.243 e. The van der Waals surface area contributed by atoms with Crippen molar-refractivity contribution in [2.75, 3.05) is 29.9 Å². The molecule has 3 rings (SSSR count). The number of nitrogens with zero attached hydrogens (tertiary/aromatic N) is 2. The third-order valence-electron chi connectivity index (χ3n) is 5.20. The Balaban J connectivity index is 1.73. The number of nitrogens with one attached hydrogen (secondary N) is 1. The number of hydrogen-bond acceptors (Lipinski definition) is 5. The third kappa shape index (κ3) is 4.84. The molecule has 166 valence electrons. The van der Waals surface area contributed by atoms with Crippen LogP contribution in [-0.4, -0.2) is 49.3 Å². The van der Waals surface area contributed by atoms with Gasteiger partial charge >= 0.3 is 0 Å². The molecule has 1 aliphatic heterocycles. The molecule has 0 aliphatic carbocycles. The van der Waals surface area contributed by atoms with Crippen molar-refractivity contribution < 1.29 is 23.1 Å². The van der Waals surface area contributed by atoms with E-state index >= 15 is 0 Å². The third-order valence-corrected chi connectivity index (χ3v) is 7.50. The first-order valence-electron chi connectivity index (χ1n) is 9.87. The van der Waals surface area contributed by atoms with Crippen molar-refractivity contribution >= 4 is 44.8 Å². The molecule has 1 aliphatic rings. The molecule has 0 spiro atoms. The SMILES string of the molecule is CCN(CC)S(=O)(=O)c1ccc(N2CC(C(=O)Nc3cc(Cl)ccc3O)CC2=O)cc1. The highest BCUT2D eigenvalue weighted by molar-refractivity contribution is 7.89. The second-order valence-electron chi connectivity index (χ2n) is 7.14. The Morgan fingerprint density at radius 1 is 1.19 bits per heavy atom. The van der Waals surface area contributed by atoms with Crippen molar-refractivity contribution in [2.45, 2.75) is 25.2 Å². The van der Waals surface area contributed by atoms with Gasteiger partial charge in [-0.1, -0.05) is 25.4 Å². The summed E-state index contributed by atoms with van der Waals surface area (Å²) < 4.78 is 26.6. The second-order valence-corrected chi connectivity index (χ2v) is 9.51. The predicted octanol–water partition coefficient (Wildman–Crippen LogP) is 3.07. The van der Waals surface area contributed by atoms with Gasteiger partial charge in [0.1, 0.15) is 5.75 Å². The minimum absolute atomic E-state index is 0.00661. The number of phenolic OH excluding ortho intramolecular Hbond substituents is 1. The molecule has 1 atom stereocenters. The average molecular weight is 466 g/mol. The van der Waals surface area contributed by atoms with Gasteiger partial charge in [0.05, 0.1) is 16.5 Å². The van der Waals surface area contributed by atoms with E-state index in [1.165, 1.54) is 39.5 Å². The number of carbonyl (C=O) groups excluding carboxylic acids is 2. The highest BCUT2D eigenvalue weighted by Crippen LogP contribution is 2.30. The molecule has 1 heterocycles. The normalized spacial score (nSPS) is 16.7. The highest BCUT2D eigenvalue weighted by atomic mass is 35.5. The Bertz CT molecular complexity index is 1080. The van der Waals surface area contributed by atoms with E-state index in [0.29, 0.717) is 23.8 Å². The van der Waals surface area contributed by atoms with E-state index in [4.69, 9.17) is 11.6 Å². The molecular weight excluding hydrogens is 442 g/mol.